The maximum absolute atomic E-state index is 12.6. The summed E-state index contributed by atoms with van der Waals surface area (Å²) in [6.45, 7) is 13.6. The maximum atomic E-state index is 12.6. The van der Waals surface area contributed by atoms with Crippen molar-refractivity contribution in [2.24, 2.45) is 17.8 Å². The third-order valence-electron chi connectivity index (χ3n) is 10.0. The van der Waals surface area contributed by atoms with E-state index < -0.39 is 6.10 Å². The van der Waals surface area contributed by atoms with Crippen LogP contribution in [0.3, 0.4) is 0 Å². The molecule has 50 heavy (non-hydrogen) atoms. The standard InChI is InChI=1S/C44H84O6/c1-7-40(6)32-26-20-14-8-9-15-21-27-33-42(45)48-36-41(50-44(47)35-29-23-17-11-13-19-25-31-39(4)5)37-49-43(46)34-28-22-16-10-12-18-24-30-38(2)3/h38-41H,7-37H2,1-6H3/t40?,41-/m0/s1. The Labute approximate surface area is 310 Å². The van der Waals surface area contributed by atoms with Crippen molar-refractivity contribution < 1.29 is 28.6 Å². The van der Waals surface area contributed by atoms with Gasteiger partial charge in [-0.2, -0.15) is 0 Å². The van der Waals surface area contributed by atoms with Crippen LogP contribution in [-0.2, 0) is 28.6 Å². The van der Waals surface area contributed by atoms with Gasteiger partial charge in [-0.3, -0.25) is 14.4 Å². The van der Waals surface area contributed by atoms with E-state index in [4.69, 9.17) is 14.2 Å². The lowest BCUT2D eigenvalue weighted by Gasteiger charge is -2.18. The molecule has 0 aromatic heterocycles. The van der Waals surface area contributed by atoms with E-state index in [2.05, 4.69) is 41.5 Å². The predicted octanol–water partition coefficient (Wildman–Crippen LogP) is 13.3. The molecule has 0 saturated carbocycles. The van der Waals surface area contributed by atoms with E-state index in [-0.39, 0.29) is 31.1 Å². The Morgan fingerprint density at radius 2 is 0.700 bits per heavy atom. The predicted molar refractivity (Wildman–Crippen MR) is 210 cm³/mol. The molecule has 6 heteroatoms. The first-order chi connectivity index (χ1) is 24.1. The van der Waals surface area contributed by atoms with Crippen LogP contribution in [0.15, 0.2) is 0 Å². The number of unbranched alkanes of at least 4 members (excludes halogenated alkanes) is 19. The van der Waals surface area contributed by atoms with Crippen molar-refractivity contribution in [1.29, 1.82) is 0 Å². The van der Waals surface area contributed by atoms with Crippen molar-refractivity contribution in [3.05, 3.63) is 0 Å². The Morgan fingerprint density at radius 1 is 0.400 bits per heavy atom. The van der Waals surface area contributed by atoms with E-state index in [0.29, 0.717) is 19.3 Å². The Morgan fingerprint density at radius 3 is 1.04 bits per heavy atom. The van der Waals surface area contributed by atoms with Crippen molar-refractivity contribution in [3.8, 4) is 0 Å². The van der Waals surface area contributed by atoms with Gasteiger partial charge in [0.05, 0.1) is 0 Å². The van der Waals surface area contributed by atoms with Crippen LogP contribution in [0.1, 0.15) is 228 Å². The van der Waals surface area contributed by atoms with Gasteiger partial charge in [0.25, 0.3) is 0 Å². The smallest absolute Gasteiger partial charge is 0.306 e. The number of esters is 3. The number of ether oxygens (including phenoxy) is 3. The zero-order valence-electron chi connectivity index (χ0n) is 34.2. The molecule has 0 spiro atoms. The second-order valence-corrected chi connectivity index (χ2v) is 16.2. The Kier molecular flexibility index (Phi) is 34.7. The molecule has 0 aliphatic carbocycles. The van der Waals surface area contributed by atoms with Gasteiger partial charge in [-0.1, -0.05) is 189 Å². The number of carbonyl (C=O) groups is 3. The summed E-state index contributed by atoms with van der Waals surface area (Å²) >= 11 is 0. The fourth-order valence-corrected chi connectivity index (χ4v) is 6.32. The second kappa shape index (κ2) is 35.8. The molecule has 0 saturated heterocycles. The molecular formula is C44H84O6. The fraction of sp³-hybridized carbons (Fsp3) is 0.932. The Balaban J connectivity index is 4.36. The molecule has 0 aromatic rings. The third-order valence-corrected chi connectivity index (χ3v) is 10.0. The molecule has 6 nitrogen and oxygen atoms in total. The molecule has 0 aromatic carbocycles. The van der Waals surface area contributed by atoms with Crippen molar-refractivity contribution in [3.63, 3.8) is 0 Å². The van der Waals surface area contributed by atoms with E-state index in [9.17, 15) is 14.4 Å². The summed E-state index contributed by atoms with van der Waals surface area (Å²) < 4.78 is 16.7. The minimum Gasteiger partial charge on any atom is -0.462 e. The topological polar surface area (TPSA) is 78.9 Å². The first kappa shape index (κ1) is 48.4. The normalized spacial score (nSPS) is 12.7. The van der Waals surface area contributed by atoms with Crippen molar-refractivity contribution in [2.75, 3.05) is 13.2 Å². The van der Waals surface area contributed by atoms with Crippen LogP contribution in [0.4, 0.5) is 0 Å². The van der Waals surface area contributed by atoms with E-state index >= 15 is 0 Å². The highest BCUT2D eigenvalue weighted by Gasteiger charge is 2.19. The van der Waals surface area contributed by atoms with Gasteiger partial charge in [0.15, 0.2) is 6.10 Å². The van der Waals surface area contributed by atoms with Gasteiger partial charge >= 0.3 is 17.9 Å². The average Bonchev–Trinajstić information content (AvgIpc) is 3.08. The van der Waals surface area contributed by atoms with Crippen LogP contribution in [0.25, 0.3) is 0 Å². The van der Waals surface area contributed by atoms with E-state index in [1.54, 1.807) is 0 Å². The molecule has 0 N–H and O–H groups in total. The lowest BCUT2D eigenvalue weighted by atomic mass is 9.99. The van der Waals surface area contributed by atoms with Gasteiger partial charge in [-0.05, 0) is 37.0 Å². The largest absolute Gasteiger partial charge is 0.462 e. The number of hydrogen-bond donors (Lipinski definition) is 0. The van der Waals surface area contributed by atoms with Crippen LogP contribution >= 0.6 is 0 Å². The van der Waals surface area contributed by atoms with E-state index in [1.807, 2.05) is 0 Å². The summed E-state index contributed by atoms with van der Waals surface area (Å²) in [6.07, 6.45) is 31.0. The molecule has 0 aliphatic rings. The lowest BCUT2D eigenvalue weighted by molar-refractivity contribution is -0.167. The third kappa shape index (κ3) is 36.2. The first-order valence-electron chi connectivity index (χ1n) is 21.6. The number of carbonyl (C=O) groups excluding carboxylic acids is 3. The molecule has 0 amide bonds. The SMILES string of the molecule is CCC(C)CCCCCCCCCCC(=O)OC[C@@H](COC(=O)CCCCCCCCCC(C)C)OC(=O)CCCCCCCCCC(C)C. The molecule has 0 bridgehead atoms. The van der Waals surface area contributed by atoms with Gasteiger partial charge in [-0.15, -0.1) is 0 Å². The summed E-state index contributed by atoms with van der Waals surface area (Å²) in [7, 11) is 0. The van der Waals surface area contributed by atoms with Crippen LogP contribution < -0.4 is 0 Å². The molecule has 0 heterocycles. The molecule has 2 atom stereocenters. The number of rotatable bonds is 37. The first-order valence-corrected chi connectivity index (χ1v) is 21.6. The maximum Gasteiger partial charge on any atom is 0.306 e. The quantitative estimate of drug-likeness (QED) is 0.0363. The monoisotopic (exact) mass is 709 g/mol. The minimum atomic E-state index is -0.762. The highest BCUT2D eigenvalue weighted by atomic mass is 16.6. The van der Waals surface area contributed by atoms with Crippen molar-refractivity contribution in [1.82, 2.24) is 0 Å². The Bertz CT molecular complexity index is 778. The van der Waals surface area contributed by atoms with Gasteiger partial charge in [-0.25, -0.2) is 0 Å². The van der Waals surface area contributed by atoms with Gasteiger partial charge in [0, 0.05) is 19.3 Å². The summed E-state index contributed by atoms with van der Waals surface area (Å²) in [4.78, 5) is 37.6. The van der Waals surface area contributed by atoms with Gasteiger partial charge in [0.2, 0.25) is 0 Å². The molecular weight excluding hydrogens is 624 g/mol. The van der Waals surface area contributed by atoms with E-state index in [1.165, 1.54) is 109 Å². The molecule has 0 rings (SSSR count). The van der Waals surface area contributed by atoms with Crippen molar-refractivity contribution in [2.45, 2.75) is 234 Å². The zero-order valence-corrected chi connectivity index (χ0v) is 34.2. The van der Waals surface area contributed by atoms with Crippen LogP contribution in [0.2, 0.25) is 0 Å². The summed E-state index contributed by atoms with van der Waals surface area (Å²) in [5.41, 5.74) is 0. The molecule has 296 valence electrons. The van der Waals surface area contributed by atoms with Crippen LogP contribution in [-0.4, -0.2) is 37.2 Å². The average molecular weight is 709 g/mol. The second-order valence-electron chi connectivity index (χ2n) is 16.2. The van der Waals surface area contributed by atoms with Crippen LogP contribution in [0.5, 0.6) is 0 Å². The molecule has 0 aliphatic heterocycles. The summed E-state index contributed by atoms with van der Waals surface area (Å²) in [6, 6.07) is 0. The lowest BCUT2D eigenvalue weighted by Crippen LogP contribution is -2.30. The zero-order chi connectivity index (χ0) is 37.1. The highest BCUT2D eigenvalue weighted by molar-refractivity contribution is 5.71. The molecule has 0 radical (unpaired) electrons. The Hall–Kier alpha value is -1.59. The summed E-state index contributed by atoms with van der Waals surface area (Å²) in [5.74, 6) is 1.54. The molecule has 1 unspecified atom stereocenters. The summed E-state index contributed by atoms with van der Waals surface area (Å²) in [5, 5.41) is 0. The molecule has 0 fully saturated rings. The van der Waals surface area contributed by atoms with Gasteiger partial charge < -0.3 is 14.2 Å². The van der Waals surface area contributed by atoms with Crippen LogP contribution in [0, 0.1) is 17.8 Å². The highest BCUT2D eigenvalue weighted by Crippen LogP contribution is 2.17. The van der Waals surface area contributed by atoms with Crippen molar-refractivity contribution >= 4 is 17.9 Å². The fourth-order valence-electron chi connectivity index (χ4n) is 6.32. The van der Waals surface area contributed by atoms with E-state index in [0.717, 1.165) is 75.5 Å². The minimum absolute atomic E-state index is 0.0678. The van der Waals surface area contributed by atoms with Gasteiger partial charge in [0.1, 0.15) is 13.2 Å². The number of hydrogen-bond acceptors (Lipinski definition) is 6.